The molecule has 0 spiro atoms. The number of hydrogen-bond acceptors (Lipinski definition) is 4. The van der Waals surface area contributed by atoms with E-state index in [0.717, 1.165) is 0 Å². The number of amides is 2. The van der Waals surface area contributed by atoms with E-state index in [2.05, 4.69) is 10.6 Å². The Bertz CT molecular complexity index is 771. The summed E-state index contributed by atoms with van der Waals surface area (Å²) in [7, 11) is 0. The fraction of sp³-hybridized carbons (Fsp3) is 0.0667. The Balaban J connectivity index is 2.09. The minimum atomic E-state index is -1.09. The number of benzene rings is 2. The van der Waals surface area contributed by atoms with E-state index in [0.29, 0.717) is 16.9 Å². The van der Waals surface area contributed by atoms with Crippen LogP contribution in [0.25, 0.3) is 0 Å². The number of carboxylic acid groups (broad SMARTS) is 1. The minimum absolute atomic E-state index is 0.0567. The first kappa shape index (κ1) is 16.0. The molecular formula is C15H13N3O5. The average molecular weight is 315 g/mol. The van der Waals surface area contributed by atoms with Gasteiger partial charge in [-0.2, -0.15) is 0 Å². The number of carbonyl (C=O) groups is 2. The lowest BCUT2D eigenvalue weighted by Gasteiger charge is -2.10. The molecule has 8 heteroatoms. The van der Waals surface area contributed by atoms with Gasteiger partial charge in [0.15, 0.2) is 0 Å². The number of nitro groups is 1. The molecule has 2 aromatic carbocycles. The third-order valence-corrected chi connectivity index (χ3v) is 3.07. The first-order chi connectivity index (χ1) is 10.9. The van der Waals surface area contributed by atoms with E-state index in [-0.39, 0.29) is 11.3 Å². The summed E-state index contributed by atoms with van der Waals surface area (Å²) in [5.41, 5.74) is 1.42. The summed E-state index contributed by atoms with van der Waals surface area (Å²) in [6.45, 7) is 1.73. The van der Waals surface area contributed by atoms with Crippen LogP contribution in [0.5, 0.6) is 0 Å². The van der Waals surface area contributed by atoms with Gasteiger partial charge in [-0.05, 0) is 36.8 Å². The second kappa shape index (κ2) is 6.56. The molecule has 0 bridgehead atoms. The molecule has 0 heterocycles. The summed E-state index contributed by atoms with van der Waals surface area (Å²) >= 11 is 0. The van der Waals surface area contributed by atoms with E-state index >= 15 is 0 Å². The number of urea groups is 1. The normalized spacial score (nSPS) is 9.96. The number of anilines is 2. The van der Waals surface area contributed by atoms with Crippen LogP contribution in [0.4, 0.5) is 21.9 Å². The molecule has 0 saturated heterocycles. The number of carbonyl (C=O) groups excluding carboxylic acids is 1. The van der Waals surface area contributed by atoms with Crippen molar-refractivity contribution in [2.45, 2.75) is 6.92 Å². The third kappa shape index (κ3) is 4.03. The van der Waals surface area contributed by atoms with Crippen LogP contribution >= 0.6 is 0 Å². The fourth-order valence-corrected chi connectivity index (χ4v) is 1.84. The Hall–Kier alpha value is -3.42. The van der Waals surface area contributed by atoms with Crippen molar-refractivity contribution in [2.24, 2.45) is 0 Å². The molecule has 0 aromatic heterocycles. The summed E-state index contributed by atoms with van der Waals surface area (Å²) in [5.74, 6) is -1.09. The molecule has 0 aliphatic rings. The van der Waals surface area contributed by atoms with Crippen molar-refractivity contribution in [2.75, 3.05) is 10.6 Å². The predicted octanol–water partition coefficient (Wildman–Crippen LogP) is 3.25. The molecule has 2 aromatic rings. The molecule has 0 aliphatic carbocycles. The number of aryl methyl sites for hydroxylation is 1. The molecule has 118 valence electrons. The number of carboxylic acids is 1. The van der Waals surface area contributed by atoms with Crippen LogP contribution in [0.2, 0.25) is 0 Å². The van der Waals surface area contributed by atoms with Gasteiger partial charge >= 0.3 is 12.0 Å². The van der Waals surface area contributed by atoms with Crippen molar-refractivity contribution in [1.29, 1.82) is 0 Å². The van der Waals surface area contributed by atoms with Crippen molar-refractivity contribution in [1.82, 2.24) is 0 Å². The van der Waals surface area contributed by atoms with Crippen LogP contribution < -0.4 is 10.6 Å². The number of nitrogens with zero attached hydrogens (tertiary/aromatic N) is 1. The Kier molecular flexibility index (Phi) is 4.55. The quantitative estimate of drug-likeness (QED) is 0.590. The van der Waals surface area contributed by atoms with Crippen LogP contribution in [-0.4, -0.2) is 22.0 Å². The number of nitro benzene ring substituents is 1. The van der Waals surface area contributed by atoms with E-state index < -0.39 is 16.9 Å². The van der Waals surface area contributed by atoms with Gasteiger partial charge in [-0.15, -0.1) is 0 Å². The first-order valence-corrected chi connectivity index (χ1v) is 6.53. The Morgan fingerprint density at radius 3 is 2.30 bits per heavy atom. The number of hydrogen-bond donors (Lipinski definition) is 3. The molecule has 23 heavy (non-hydrogen) atoms. The van der Waals surface area contributed by atoms with Gasteiger partial charge in [0.05, 0.1) is 10.5 Å². The minimum Gasteiger partial charge on any atom is -0.478 e. The van der Waals surface area contributed by atoms with Crippen LogP contribution in [0, 0.1) is 17.0 Å². The van der Waals surface area contributed by atoms with E-state index in [9.17, 15) is 19.7 Å². The molecule has 0 saturated carbocycles. The molecule has 0 aliphatic heterocycles. The van der Waals surface area contributed by atoms with Gasteiger partial charge in [-0.1, -0.05) is 6.07 Å². The Morgan fingerprint density at radius 2 is 1.74 bits per heavy atom. The monoisotopic (exact) mass is 315 g/mol. The summed E-state index contributed by atoms with van der Waals surface area (Å²) in [6, 6.07) is 9.15. The van der Waals surface area contributed by atoms with Gasteiger partial charge in [-0.3, -0.25) is 10.1 Å². The highest BCUT2D eigenvalue weighted by atomic mass is 16.6. The third-order valence-electron chi connectivity index (χ3n) is 3.07. The molecule has 8 nitrogen and oxygen atoms in total. The van der Waals surface area contributed by atoms with Crippen molar-refractivity contribution in [3.8, 4) is 0 Å². The van der Waals surface area contributed by atoms with Gasteiger partial charge in [0.1, 0.15) is 0 Å². The van der Waals surface area contributed by atoms with Gasteiger partial charge < -0.3 is 15.7 Å². The Morgan fingerprint density at radius 1 is 1.09 bits per heavy atom. The van der Waals surface area contributed by atoms with Gasteiger partial charge in [0, 0.05) is 23.5 Å². The van der Waals surface area contributed by atoms with Crippen molar-refractivity contribution >= 4 is 29.1 Å². The zero-order chi connectivity index (χ0) is 17.0. The van der Waals surface area contributed by atoms with Gasteiger partial charge in [-0.25, -0.2) is 9.59 Å². The molecule has 0 radical (unpaired) electrons. The molecule has 2 rings (SSSR count). The zero-order valence-corrected chi connectivity index (χ0v) is 12.1. The summed E-state index contributed by atoms with van der Waals surface area (Å²) in [6.07, 6.45) is 0. The van der Waals surface area contributed by atoms with Crippen molar-refractivity contribution < 1.29 is 19.6 Å². The highest BCUT2D eigenvalue weighted by Crippen LogP contribution is 2.19. The standard InChI is InChI=1S/C15H13N3O5/c1-9-2-3-10(14(19)20)8-13(9)17-15(21)16-11-4-6-12(7-5-11)18(22)23/h2-8H,1H3,(H,19,20)(H2,16,17,21). The summed E-state index contributed by atoms with van der Waals surface area (Å²) < 4.78 is 0. The lowest BCUT2D eigenvalue weighted by molar-refractivity contribution is -0.384. The maximum atomic E-state index is 11.9. The number of aromatic carboxylic acids is 1. The lowest BCUT2D eigenvalue weighted by Crippen LogP contribution is -2.20. The molecule has 3 N–H and O–H groups in total. The van der Waals surface area contributed by atoms with E-state index in [1.807, 2.05) is 0 Å². The van der Waals surface area contributed by atoms with E-state index in [4.69, 9.17) is 5.11 Å². The number of nitrogens with one attached hydrogen (secondary N) is 2. The SMILES string of the molecule is Cc1ccc(C(=O)O)cc1NC(=O)Nc1ccc([N+](=O)[O-])cc1. The van der Waals surface area contributed by atoms with Gasteiger partial charge in [0.2, 0.25) is 0 Å². The number of rotatable bonds is 4. The van der Waals surface area contributed by atoms with Crippen LogP contribution in [0.1, 0.15) is 15.9 Å². The second-order valence-corrected chi connectivity index (χ2v) is 4.72. The molecule has 0 fully saturated rings. The highest BCUT2D eigenvalue weighted by molar-refractivity contribution is 6.01. The topological polar surface area (TPSA) is 122 Å². The summed E-state index contributed by atoms with van der Waals surface area (Å²) in [5, 5.41) is 24.6. The predicted molar refractivity (Wildman–Crippen MR) is 83.9 cm³/mol. The highest BCUT2D eigenvalue weighted by Gasteiger charge is 2.10. The zero-order valence-electron chi connectivity index (χ0n) is 12.1. The maximum absolute atomic E-state index is 11.9. The Labute approximate surface area is 130 Å². The molecule has 2 amide bonds. The van der Waals surface area contributed by atoms with Crippen LogP contribution in [0.15, 0.2) is 42.5 Å². The largest absolute Gasteiger partial charge is 0.478 e. The fourth-order valence-electron chi connectivity index (χ4n) is 1.84. The van der Waals surface area contributed by atoms with Crippen molar-refractivity contribution in [3.05, 3.63) is 63.7 Å². The molecule has 0 atom stereocenters. The maximum Gasteiger partial charge on any atom is 0.335 e. The van der Waals surface area contributed by atoms with Crippen LogP contribution in [0.3, 0.4) is 0 Å². The van der Waals surface area contributed by atoms with Gasteiger partial charge in [0.25, 0.3) is 5.69 Å². The summed E-state index contributed by atoms with van der Waals surface area (Å²) in [4.78, 5) is 32.9. The second-order valence-electron chi connectivity index (χ2n) is 4.72. The van der Waals surface area contributed by atoms with Crippen LogP contribution in [-0.2, 0) is 0 Å². The van der Waals surface area contributed by atoms with E-state index in [1.165, 1.54) is 36.4 Å². The average Bonchev–Trinajstić information content (AvgIpc) is 2.49. The molecular weight excluding hydrogens is 302 g/mol. The molecule has 0 unspecified atom stereocenters. The van der Waals surface area contributed by atoms with E-state index in [1.54, 1.807) is 13.0 Å². The first-order valence-electron chi connectivity index (χ1n) is 6.53. The van der Waals surface area contributed by atoms with Crippen molar-refractivity contribution in [3.63, 3.8) is 0 Å². The number of non-ortho nitro benzene ring substituents is 1. The smallest absolute Gasteiger partial charge is 0.335 e. The lowest BCUT2D eigenvalue weighted by atomic mass is 10.1.